The summed E-state index contributed by atoms with van der Waals surface area (Å²) in [5.41, 5.74) is 0.0967. The van der Waals surface area contributed by atoms with Gasteiger partial charge in [0.2, 0.25) is 0 Å². The molecule has 3 heteroatoms. The van der Waals surface area contributed by atoms with E-state index in [4.69, 9.17) is 0 Å². The summed E-state index contributed by atoms with van der Waals surface area (Å²) in [5, 5.41) is 10.2. The van der Waals surface area contributed by atoms with Crippen LogP contribution < -0.4 is 0 Å². The minimum Gasteiger partial charge on any atom is -0.391 e. The Hall–Kier alpha value is -0.120. The highest BCUT2D eigenvalue weighted by Crippen LogP contribution is 2.37. The minimum absolute atomic E-state index is 0.0967. The summed E-state index contributed by atoms with van der Waals surface area (Å²) in [5.74, 6) is 0. The highest BCUT2D eigenvalue weighted by Gasteiger charge is 2.42. The minimum atomic E-state index is -0.184. The molecule has 1 atom stereocenters. The first kappa shape index (κ1) is 12.3. The van der Waals surface area contributed by atoms with Crippen molar-refractivity contribution < 1.29 is 5.11 Å². The molecule has 16 heavy (non-hydrogen) atoms. The normalized spacial score (nSPS) is 30.2. The van der Waals surface area contributed by atoms with Crippen LogP contribution >= 0.6 is 0 Å². The van der Waals surface area contributed by atoms with Gasteiger partial charge in [-0.2, -0.15) is 0 Å². The molecule has 94 valence electrons. The van der Waals surface area contributed by atoms with E-state index in [1.807, 2.05) is 6.92 Å². The Morgan fingerprint density at radius 2 is 1.56 bits per heavy atom. The number of piperazine rings is 1. The van der Waals surface area contributed by atoms with E-state index >= 15 is 0 Å². The van der Waals surface area contributed by atoms with Gasteiger partial charge in [-0.25, -0.2) is 0 Å². The SMILES string of the molecule is C[C@H](O)C1(N2CCN(C)CC2)CCCCC1. The summed E-state index contributed by atoms with van der Waals surface area (Å²) in [4.78, 5) is 4.95. The zero-order valence-electron chi connectivity index (χ0n) is 10.8. The van der Waals surface area contributed by atoms with Crippen molar-refractivity contribution >= 4 is 0 Å². The molecule has 1 heterocycles. The summed E-state index contributed by atoms with van der Waals surface area (Å²) in [6, 6.07) is 0. The predicted octanol–water partition coefficient (Wildman–Crippen LogP) is 1.32. The van der Waals surface area contributed by atoms with Crippen LogP contribution in [0.1, 0.15) is 39.0 Å². The van der Waals surface area contributed by atoms with Crippen molar-refractivity contribution in [1.82, 2.24) is 9.80 Å². The quantitative estimate of drug-likeness (QED) is 0.769. The van der Waals surface area contributed by atoms with Gasteiger partial charge < -0.3 is 10.0 Å². The second kappa shape index (κ2) is 5.03. The lowest BCUT2D eigenvalue weighted by atomic mass is 9.76. The molecule has 2 rings (SSSR count). The second-order valence-electron chi connectivity index (χ2n) is 5.63. The molecule has 0 aromatic heterocycles. The maximum Gasteiger partial charge on any atom is 0.0695 e. The van der Waals surface area contributed by atoms with E-state index in [0.29, 0.717) is 0 Å². The van der Waals surface area contributed by atoms with E-state index in [1.54, 1.807) is 0 Å². The third kappa shape index (κ3) is 2.27. The molecule has 3 nitrogen and oxygen atoms in total. The number of aliphatic hydroxyl groups is 1. The molecule has 0 radical (unpaired) electrons. The standard InChI is InChI=1S/C13H26N2O/c1-12(16)13(6-4-3-5-7-13)15-10-8-14(2)9-11-15/h12,16H,3-11H2,1-2H3/t12-/m0/s1. The van der Waals surface area contributed by atoms with Gasteiger partial charge >= 0.3 is 0 Å². The molecule has 1 N–H and O–H groups in total. The van der Waals surface area contributed by atoms with Gasteiger partial charge in [-0.05, 0) is 26.8 Å². The highest BCUT2D eigenvalue weighted by molar-refractivity contribution is 4.98. The highest BCUT2D eigenvalue weighted by atomic mass is 16.3. The third-order valence-electron chi connectivity index (χ3n) is 4.63. The molecule has 1 aliphatic heterocycles. The first-order valence-electron chi connectivity index (χ1n) is 6.77. The predicted molar refractivity (Wildman–Crippen MR) is 66.6 cm³/mol. The summed E-state index contributed by atoms with van der Waals surface area (Å²) < 4.78 is 0. The molecule has 0 bridgehead atoms. The van der Waals surface area contributed by atoms with Crippen molar-refractivity contribution in [3.05, 3.63) is 0 Å². The Labute approximate surface area is 99.4 Å². The van der Waals surface area contributed by atoms with Gasteiger partial charge in [0.05, 0.1) is 6.10 Å². The fourth-order valence-electron chi connectivity index (χ4n) is 3.41. The van der Waals surface area contributed by atoms with Gasteiger partial charge in [0.15, 0.2) is 0 Å². The van der Waals surface area contributed by atoms with Gasteiger partial charge in [-0.3, -0.25) is 4.90 Å². The van der Waals surface area contributed by atoms with E-state index in [2.05, 4.69) is 16.8 Å². The number of hydrogen-bond acceptors (Lipinski definition) is 3. The topological polar surface area (TPSA) is 26.7 Å². The Morgan fingerprint density at radius 1 is 1.00 bits per heavy atom. The second-order valence-corrected chi connectivity index (χ2v) is 5.63. The number of hydrogen-bond donors (Lipinski definition) is 1. The lowest BCUT2D eigenvalue weighted by Crippen LogP contribution is -2.61. The van der Waals surface area contributed by atoms with Crippen molar-refractivity contribution in [2.24, 2.45) is 0 Å². The Kier molecular flexibility index (Phi) is 3.88. The van der Waals surface area contributed by atoms with Gasteiger partial charge in [0.25, 0.3) is 0 Å². The van der Waals surface area contributed by atoms with E-state index in [9.17, 15) is 5.11 Å². The van der Waals surface area contributed by atoms with Crippen LogP contribution in [0.2, 0.25) is 0 Å². The lowest BCUT2D eigenvalue weighted by Gasteiger charge is -2.51. The lowest BCUT2D eigenvalue weighted by molar-refractivity contribution is -0.0639. The summed E-state index contributed by atoms with van der Waals surface area (Å²) in [6.45, 7) is 6.54. The van der Waals surface area contributed by atoms with Crippen molar-refractivity contribution in [3.8, 4) is 0 Å². The van der Waals surface area contributed by atoms with Gasteiger partial charge in [0.1, 0.15) is 0 Å². The van der Waals surface area contributed by atoms with Gasteiger partial charge in [0, 0.05) is 31.7 Å². The smallest absolute Gasteiger partial charge is 0.0695 e. The first-order valence-corrected chi connectivity index (χ1v) is 6.77. The maximum atomic E-state index is 10.2. The molecule has 1 saturated carbocycles. The molecule has 0 aromatic carbocycles. The van der Waals surface area contributed by atoms with Crippen molar-refractivity contribution in [3.63, 3.8) is 0 Å². The summed E-state index contributed by atoms with van der Waals surface area (Å²) in [6.07, 6.45) is 6.12. The fourth-order valence-corrected chi connectivity index (χ4v) is 3.41. The van der Waals surface area contributed by atoms with Crippen molar-refractivity contribution in [2.75, 3.05) is 33.2 Å². The van der Waals surface area contributed by atoms with E-state index in [0.717, 1.165) is 26.2 Å². The number of aliphatic hydroxyl groups excluding tert-OH is 1. The summed E-state index contributed by atoms with van der Waals surface area (Å²) in [7, 11) is 2.19. The summed E-state index contributed by atoms with van der Waals surface area (Å²) >= 11 is 0. The third-order valence-corrected chi connectivity index (χ3v) is 4.63. The molecular formula is C13H26N2O. The maximum absolute atomic E-state index is 10.2. The molecular weight excluding hydrogens is 200 g/mol. The molecule has 2 fully saturated rings. The number of rotatable bonds is 2. The zero-order valence-corrected chi connectivity index (χ0v) is 10.8. The Morgan fingerprint density at radius 3 is 2.06 bits per heavy atom. The van der Waals surface area contributed by atoms with Crippen LogP contribution in [0.15, 0.2) is 0 Å². The van der Waals surface area contributed by atoms with E-state index < -0.39 is 0 Å². The van der Waals surface area contributed by atoms with Crippen LogP contribution in [-0.4, -0.2) is 59.8 Å². The number of nitrogens with zero attached hydrogens (tertiary/aromatic N) is 2. The van der Waals surface area contributed by atoms with Crippen LogP contribution in [0.4, 0.5) is 0 Å². The van der Waals surface area contributed by atoms with Crippen LogP contribution in [-0.2, 0) is 0 Å². The zero-order chi connectivity index (χ0) is 11.6. The molecule has 2 aliphatic rings. The Balaban J connectivity index is 2.06. The van der Waals surface area contributed by atoms with Crippen LogP contribution in [0, 0.1) is 0 Å². The van der Waals surface area contributed by atoms with Crippen molar-refractivity contribution in [2.45, 2.75) is 50.7 Å². The van der Waals surface area contributed by atoms with E-state index in [1.165, 1.54) is 32.1 Å². The van der Waals surface area contributed by atoms with Crippen LogP contribution in [0.25, 0.3) is 0 Å². The molecule has 0 aromatic rings. The molecule has 0 spiro atoms. The molecule has 0 amide bonds. The van der Waals surface area contributed by atoms with Gasteiger partial charge in [-0.1, -0.05) is 19.3 Å². The van der Waals surface area contributed by atoms with Gasteiger partial charge in [-0.15, -0.1) is 0 Å². The van der Waals surface area contributed by atoms with Crippen molar-refractivity contribution in [1.29, 1.82) is 0 Å². The molecule has 1 aliphatic carbocycles. The largest absolute Gasteiger partial charge is 0.391 e. The molecule has 0 unspecified atom stereocenters. The molecule has 1 saturated heterocycles. The van der Waals surface area contributed by atoms with E-state index in [-0.39, 0.29) is 11.6 Å². The average Bonchev–Trinajstić information content (AvgIpc) is 2.30. The fraction of sp³-hybridized carbons (Fsp3) is 1.00. The number of likely N-dealkylation sites (N-methyl/N-ethyl adjacent to an activating group) is 1. The monoisotopic (exact) mass is 226 g/mol. The average molecular weight is 226 g/mol. The Bertz CT molecular complexity index is 216. The van der Waals surface area contributed by atoms with Crippen LogP contribution in [0.5, 0.6) is 0 Å². The first-order chi connectivity index (χ1) is 7.65. The van der Waals surface area contributed by atoms with Crippen LogP contribution in [0.3, 0.4) is 0 Å².